The summed E-state index contributed by atoms with van der Waals surface area (Å²) in [6.45, 7) is 1.35. The minimum atomic E-state index is -5.09. The second kappa shape index (κ2) is 5.34. The monoisotopic (exact) mass is 300 g/mol. The Labute approximate surface area is 110 Å². The zero-order valence-electron chi connectivity index (χ0n) is 10.4. The van der Waals surface area contributed by atoms with E-state index in [1.54, 1.807) is 0 Å². The lowest BCUT2D eigenvalue weighted by Gasteiger charge is -2.18. The molecule has 8 heteroatoms. The first-order chi connectivity index (χ1) is 9.02. The first kappa shape index (κ1) is 16.3. The number of carbonyl (C=O) groups excluding carboxylic acids is 1. The number of hydrogen-bond acceptors (Lipinski definition) is 2. The van der Waals surface area contributed by atoms with Crippen LogP contribution in [0.25, 0.3) is 0 Å². The molecule has 0 saturated carbocycles. The Kier molecular flexibility index (Phi) is 4.36. The van der Waals surface area contributed by atoms with E-state index in [1.807, 2.05) is 0 Å². The van der Waals surface area contributed by atoms with Crippen LogP contribution < -0.4 is 0 Å². The van der Waals surface area contributed by atoms with Gasteiger partial charge in [-0.25, -0.2) is 4.79 Å². The molecule has 0 saturated heterocycles. The molecular formula is C12H10F6O2. The second-order valence-corrected chi connectivity index (χ2v) is 3.90. The first-order valence-electron chi connectivity index (χ1n) is 5.42. The van der Waals surface area contributed by atoms with Gasteiger partial charge in [-0.1, -0.05) is 6.92 Å². The molecule has 20 heavy (non-hydrogen) atoms. The summed E-state index contributed by atoms with van der Waals surface area (Å²) in [7, 11) is 0.853. The van der Waals surface area contributed by atoms with Crippen LogP contribution in [0.1, 0.15) is 34.0 Å². The molecule has 1 aromatic rings. The Morgan fingerprint density at radius 1 is 1.05 bits per heavy atom. The quantitative estimate of drug-likeness (QED) is 0.608. The van der Waals surface area contributed by atoms with Crippen molar-refractivity contribution in [1.82, 2.24) is 0 Å². The predicted octanol–water partition coefficient (Wildman–Crippen LogP) is 4.07. The summed E-state index contributed by atoms with van der Waals surface area (Å²) in [4.78, 5) is 11.3. The molecule has 0 aliphatic carbocycles. The molecule has 0 amide bonds. The Morgan fingerprint density at radius 2 is 1.55 bits per heavy atom. The molecule has 2 nitrogen and oxygen atoms in total. The van der Waals surface area contributed by atoms with Gasteiger partial charge >= 0.3 is 18.3 Å². The SMILES string of the molecule is CCc1cc(C(=O)OC)c(C(F)(F)F)cc1C(F)(F)F. The Morgan fingerprint density at radius 3 is 1.90 bits per heavy atom. The maximum Gasteiger partial charge on any atom is 0.417 e. The van der Waals surface area contributed by atoms with E-state index in [0.717, 1.165) is 7.11 Å². The zero-order valence-corrected chi connectivity index (χ0v) is 10.4. The minimum absolute atomic E-state index is 0.0505. The molecule has 0 spiro atoms. The van der Waals surface area contributed by atoms with Gasteiger partial charge in [-0.15, -0.1) is 0 Å². The van der Waals surface area contributed by atoms with E-state index in [-0.39, 0.29) is 12.5 Å². The van der Waals surface area contributed by atoms with Crippen molar-refractivity contribution in [3.63, 3.8) is 0 Å². The molecule has 0 N–H and O–H groups in total. The molecule has 0 bridgehead atoms. The third-order valence-corrected chi connectivity index (χ3v) is 2.64. The summed E-state index contributed by atoms with van der Waals surface area (Å²) in [6.07, 6.45) is -10.2. The maximum atomic E-state index is 12.8. The molecule has 112 valence electrons. The van der Waals surface area contributed by atoms with E-state index in [4.69, 9.17) is 0 Å². The standard InChI is InChI=1S/C12H10F6O2/c1-3-6-4-7(10(19)20-2)9(12(16,17)18)5-8(6)11(13,14)15/h4-5H,3H2,1-2H3. The Bertz CT molecular complexity index is 516. The van der Waals surface area contributed by atoms with Crippen molar-refractivity contribution >= 4 is 5.97 Å². The van der Waals surface area contributed by atoms with E-state index < -0.39 is 40.6 Å². The summed E-state index contributed by atoms with van der Waals surface area (Å²) < 4.78 is 80.7. The summed E-state index contributed by atoms with van der Waals surface area (Å²) in [5, 5.41) is 0. The Balaban J connectivity index is 3.67. The topological polar surface area (TPSA) is 26.3 Å². The number of alkyl halides is 6. The highest BCUT2D eigenvalue weighted by Crippen LogP contribution is 2.39. The average molecular weight is 300 g/mol. The third kappa shape index (κ3) is 3.23. The number of halogens is 6. The summed E-state index contributed by atoms with van der Waals surface area (Å²) in [5.74, 6) is -1.33. The molecule has 0 fully saturated rings. The van der Waals surface area contributed by atoms with Crippen molar-refractivity contribution in [2.45, 2.75) is 25.7 Å². The lowest BCUT2D eigenvalue weighted by atomic mass is 9.96. The van der Waals surface area contributed by atoms with Crippen LogP contribution in [0.2, 0.25) is 0 Å². The van der Waals surface area contributed by atoms with Gasteiger partial charge in [-0.3, -0.25) is 0 Å². The molecule has 0 heterocycles. The molecule has 0 unspecified atom stereocenters. The fourth-order valence-electron chi connectivity index (χ4n) is 1.71. The second-order valence-electron chi connectivity index (χ2n) is 3.90. The molecule has 1 aromatic carbocycles. The van der Waals surface area contributed by atoms with E-state index in [9.17, 15) is 31.1 Å². The van der Waals surface area contributed by atoms with Gasteiger partial charge in [-0.05, 0) is 24.1 Å². The van der Waals surface area contributed by atoms with Crippen molar-refractivity contribution < 1.29 is 35.9 Å². The van der Waals surface area contributed by atoms with Crippen molar-refractivity contribution in [2.75, 3.05) is 7.11 Å². The van der Waals surface area contributed by atoms with Crippen molar-refractivity contribution in [3.05, 3.63) is 34.4 Å². The smallest absolute Gasteiger partial charge is 0.417 e. The molecule has 0 aliphatic heterocycles. The number of rotatable bonds is 2. The summed E-state index contributed by atoms with van der Waals surface area (Å²) in [5.41, 5.74) is -4.38. The van der Waals surface area contributed by atoms with Crippen molar-refractivity contribution in [2.24, 2.45) is 0 Å². The number of ether oxygens (including phenoxy) is 1. The van der Waals surface area contributed by atoms with Crippen molar-refractivity contribution in [3.8, 4) is 0 Å². The number of methoxy groups -OCH3 is 1. The van der Waals surface area contributed by atoms with Gasteiger partial charge in [0.2, 0.25) is 0 Å². The fraction of sp³-hybridized carbons (Fsp3) is 0.417. The van der Waals surface area contributed by atoms with Crippen LogP contribution in [0.5, 0.6) is 0 Å². The molecule has 0 aliphatic rings. The molecule has 1 rings (SSSR count). The third-order valence-electron chi connectivity index (χ3n) is 2.64. The number of esters is 1. The van der Waals surface area contributed by atoms with E-state index >= 15 is 0 Å². The average Bonchev–Trinajstić information content (AvgIpc) is 2.33. The lowest BCUT2D eigenvalue weighted by molar-refractivity contribution is -0.143. The molecule has 0 atom stereocenters. The highest BCUT2D eigenvalue weighted by Gasteiger charge is 2.41. The first-order valence-corrected chi connectivity index (χ1v) is 5.42. The highest BCUT2D eigenvalue weighted by molar-refractivity contribution is 5.91. The fourth-order valence-corrected chi connectivity index (χ4v) is 1.71. The van der Waals surface area contributed by atoms with E-state index in [2.05, 4.69) is 4.74 Å². The van der Waals surface area contributed by atoms with Crippen LogP contribution in [0.15, 0.2) is 12.1 Å². The number of benzene rings is 1. The normalized spacial score (nSPS) is 12.4. The van der Waals surface area contributed by atoms with E-state index in [1.165, 1.54) is 6.92 Å². The molecular weight excluding hydrogens is 290 g/mol. The lowest BCUT2D eigenvalue weighted by Crippen LogP contribution is -2.19. The van der Waals surface area contributed by atoms with Gasteiger partial charge in [-0.2, -0.15) is 26.3 Å². The van der Waals surface area contributed by atoms with Gasteiger partial charge in [0.1, 0.15) is 0 Å². The van der Waals surface area contributed by atoms with Gasteiger partial charge < -0.3 is 4.74 Å². The summed E-state index contributed by atoms with van der Waals surface area (Å²) in [6, 6.07) is 0.530. The number of aryl methyl sites for hydroxylation is 1. The molecule has 0 radical (unpaired) electrons. The van der Waals surface area contributed by atoms with Gasteiger partial charge in [0.05, 0.1) is 23.8 Å². The summed E-state index contributed by atoms with van der Waals surface area (Å²) >= 11 is 0. The van der Waals surface area contributed by atoms with Gasteiger partial charge in [0.25, 0.3) is 0 Å². The molecule has 0 aromatic heterocycles. The predicted molar refractivity (Wildman–Crippen MR) is 57.2 cm³/mol. The maximum absolute atomic E-state index is 12.8. The van der Waals surface area contributed by atoms with Crippen LogP contribution in [-0.2, 0) is 23.5 Å². The van der Waals surface area contributed by atoms with Gasteiger partial charge in [0.15, 0.2) is 0 Å². The van der Waals surface area contributed by atoms with Crippen LogP contribution in [-0.4, -0.2) is 13.1 Å². The van der Waals surface area contributed by atoms with Gasteiger partial charge in [0, 0.05) is 0 Å². The number of carbonyl (C=O) groups is 1. The van der Waals surface area contributed by atoms with Crippen LogP contribution in [0.4, 0.5) is 26.3 Å². The van der Waals surface area contributed by atoms with Crippen LogP contribution in [0.3, 0.4) is 0 Å². The van der Waals surface area contributed by atoms with Crippen molar-refractivity contribution in [1.29, 1.82) is 0 Å². The Hall–Kier alpha value is -1.73. The van der Waals surface area contributed by atoms with E-state index in [0.29, 0.717) is 6.07 Å². The zero-order chi connectivity index (χ0) is 15.7. The van der Waals surface area contributed by atoms with Crippen LogP contribution >= 0.6 is 0 Å². The number of hydrogen-bond donors (Lipinski definition) is 0. The van der Waals surface area contributed by atoms with Crippen LogP contribution in [0, 0.1) is 0 Å². The highest BCUT2D eigenvalue weighted by atomic mass is 19.4. The largest absolute Gasteiger partial charge is 0.465 e. The minimum Gasteiger partial charge on any atom is -0.465 e.